The van der Waals surface area contributed by atoms with Gasteiger partial charge in [-0.05, 0) is 18.6 Å². The van der Waals surface area contributed by atoms with E-state index in [-0.39, 0.29) is 5.69 Å². The van der Waals surface area contributed by atoms with Gasteiger partial charge in [0.15, 0.2) is 0 Å². The first-order valence-electron chi connectivity index (χ1n) is 6.18. The van der Waals surface area contributed by atoms with Crippen molar-refractivity contribution in [2.45, 2.75) is 19.8 Å². The third-order valence-electron chi connectivity index (χ3n) is 2.53. The van der Waals surface area contributed by atoms with Crippen molar-refractivity contribution in [2.75, 3.05) is 10.7 Å². The van der Waals surface area contributed by atoms with Crippen LogP contribution in [0, 0.1) is 11.6 Å². The zero-order valence-corrected chi connectivity index (χ0v) is 11.0. The Balaban J connectivity index is 2.29. The van der Waals surface area contributed by atoms with Gasteiger partial charge in [-0.3, -0.25) is 0 Å². The summed E-state index contributed by atoms with van der Waals surface area (Å²) in [7, 11) is 0. The Bertz CT molecular complexity index is 583. The largest absolute Gasteiger partial charge is 0.340 e. The summed E-state index contributed by atoms with van der Waals surface area (Å²) in [5.41, 5.74) is 2.71. The molecule has 2 rings (SSSR count). The van der Waals surface area contributed by atoms with Crippen molar-refractivity contribution in [1.29, 1.82) is 0 Å². The van der Waals surface area contributed by atoms with Gasteiger partial charge in [0.1, 0.15) is 29.1 Å². The van der Waals surface area contributed by atoms with E-state index in [1.807, 2.05) is 6.92 Å². The number of hydrogen-bond acceptors (Lipinski definition) is 5. The topological polar surface area (TPSA) is 75.9 Å². The maximum absolute atomic E-state index is 13.1. The first kappa shape index (κ1) is 14.1. The van der Waals surface area contributed by atoms with Crippen molar-refractivity contribution < 1.29 is 8.78 Å². The normalized spacial score (nSPS) is 10.4. The Labute approximate surface area is 115 Å². The molecule has 1 aromatic carbocycles. The molecule has 0 unspecified atom stereocenters. The highest BCUT2D eigenvalue weighted by Crippen LogP contribution is 2.19. The molecule has 0 radical (unpaired) electrons. The lowest BCUT2D eigenvalue weighted by atomic mass is 10.3. The van der Waals surface area contributed by atoms with Gasteiger partial charge in [0.25, 0.3) is 0 Å². The predicted octanol–water partition coefficient (Wildman–Crippen LogP) is 2.74. The molecule has 0 spiro atoms. The van der Waals surface area contributed by atoms with Crippen molar-refractivity contribution in [3.8, 4) is 0 Å². The molecule has 1 aromatic heterocycles. The average Bonchev–Trinajstić information content (AvgIpc) is 2.37. The number of aromatic nitrogens is 2. The van der Waals surface area contributed by atoms with Crippen LogP contribution in [0.4, 0.5) is 26.1 Å². The fourth-order valence-electron chi connectivity index (χ4n) is 1.74. The number of nitrogens with zero attached hydrogens (tertiary/aromatic N) is 2. The number of nitrogens with one attached hydrogen (secondary N) is 2. The molecular weight excluding hydrogens is 264 g/mol. The molecule has 20 heavy (non-hydrogen) atoms. The van der Waals surface area contributed by atoms with Gasteiger partial charge in [0.2, 0.25) is 0 Å². The summed E-state index contributed by atoms with van der Waals surface area (Å²) in [4.78, 5) is 8.45. The van der Waals surface area contributed by atoms with E-state index in [0.717, 1.165) is 12.5 Å². The third kappa shape index (κ3) is 3.61. The van der Waals surface area contributed by atoms with E-state index in [9.17, 15) is 8.78 Å². The number of nitrogens with two attached hydrogens (primary N) is 1. The predicted molar refractivity (Wildman–Crippen MR) is 73.5 cm³/mol. The molecule has 0 aliphatic heterocycles. The second kappa shape index (κ2) is 6.25. The van der Waals surface area contributed by atoms with Gasteiger partial charge in [-0.2, -0.15) is 0 Å². The van der Waals surface area contributed by atoms with Crippen LogP contribution in [0.5, 0.6) is 0 Å². The number of hydrazine groups is 1. The summed E-state index contributed by atoms with van der Waals surface area (Å²) in [5, 5.41) is 2.83. The molecule has 0 aliphatic rings. The number of benzene rings is 1. The van der Waals surface area contributed by atoms with Crippen LogP contribution in [0.1, 0.15) is 19.2 Å². The summed E-state index contributed by atoms with van der Waals surface area (Å²) in [6.45, 7) is 2.00. The van der Waals surface area contributed by atoms with Crippen LogP contribution >= 0.6 is 0 Å². The molecule has 0 saturated heterocycles. The van der Waals surface area contributed by atoms with Gasteiger partial charge < -0.3 is 10.7 Å². The molecule has 0 fully saturated rings. The maximum atomic E-state index is 13.1. The second-order valence-corrected chi connectivity index (χ2v) is 4.23. The summed E-state index contributed by atoms with van der Waals surface area (Å²) < 4.78 is 26.3. The number of rotatable bonds is 5. The summed E-state index contributed by atoms with van der Waals surface area (Å²) in [5.74, 6) is 5.47. The van der Waals surface area contributed by atoms with E-state index < -0.39 is 11.6 Å². The molecule has 0 atom stereocenters. The lowest BCUT2D eigenvalue weighted by molar-refractivity contribution is 0.584. The molecule has 106 valence electrons. The van der Waals surface area contributed by atoms with Crippen LogP contribution in [0.3, 0.4) is 0 Å². The Morgan fingerprint density at radius 3 is 2.30 bits per heavy atom. The molecule has 4 N–H and O–H groups in total. The van der Waals surface area contributed by atoms with Crippen LogP contribution in [-0.2, 0) is 6.42 Å². The van der Waals surface area contributed by atoms with Crippen molar-refractivity contribution >= 4 is 17.3 Å². The maximum Gasteiger partial charge on any atom is 0.145 e. The van der Waals surface area contributed by atoms with Crippen LogP contribution in [0.15, 0.2) is 24.3 Å². The lowest BCUT2D eigenvalue weighted by Crippen LogP contribution is -2.11. The molecule has 0 amide bonds. The highest BCUT2D eigenvalue weighted by molar-refractivity contribution is 5.59. The number of aryl methyl sites for hydroxylation is 1. The zero-order valence-electron chi connectivity index (χ0n) is 11.0. The quantitative estimate of drug-likeness (QED) is 0.579. The van der Waals surface area contributed by atoms with Gasteiger partial charge in [-0.1, -0.05) is 6.92 Å². The van der Waals surface area contributed by atoms with Crippen LogP contribution in [-0.4, -0.2) is 9.97 Å². The van der Waals surface area contributed by atoms with Gasteiger partial charge >= 0.3 is 0 Å². The number of nitrogen functional groups attached to an aromatic ring is 1. The minimum Gasteiger partial charge on any atom is -0.340 e. The van der Waals surface area contributed by atoms with E-state index in [1.54, 1.807) is 6.07 Å². The van der Waals surface area contributed by atoms with Crippen molar-refractivity contribution in [2.24, 2.45) is 5.84 Å². The van der Waals surface area contributed by atoms with Gasteiger partial charge in [0.05, 0.1) is 0 Å². The minimum atomic E-state index is -0.660. The van der Waals surface area contributed by atoms with Gasteiger partial charge in [0, 0.05) is 24.2 Å². The van der Waals surface area contributed by atoms with E-state index in [4.69, 9.17) is 5.84 Å². The second-order valence-electron chi connectivity index (χ2n) is 4.23. The van der Waals surface area contributed by atoms with Gasteiger partial charge in [-0.25, -0.2) is 24.6 Å². The molecule has 0 aliphatic carbocycles. The van der Waals surface area contributed by atoms with Crippen LogP contribution in [0.25, 0.3) is 0 Å². The minimum absolute atomic E-state index is 0.270. The first-order chi connectivity index (χ1) is 9.60. The third-order valence-corrected chi connectivity index (χ3v) is 2.53. The highest BCUT2D eigenvalue weighted by atomic mass is 19.1. The molecule has 1 heterocycles. The molecule has 0 saturated carbocycles. The standard InChI is InChI=1S/C13H15F2N5/c1-2-3-11-18-12(7-13(19-11)20-16)17-10-5-8(14)4-9(15)6-10/h4-7H,2-3,16H2,1H3,(H2,17,18,19,20). The lowest BCUT2D eigenvalue weighted by Gasteiger charge is -2.09. The zero-order chi connectivity index (χ0) is 14.5. The van der Waals surface area contributed by atoms with Gasteiger partial charge in [-0.15, -0.1) is 0 Å². The highest BCUT2D eigenvalue weighted by Gasteiger charge is 2.06. The Kier molecular flexibility index (Phi) is 4.41. The number of hydrogen-bond donors (Lipinski definition) is 3. The fraction of sp³-hybridized carbons (Fsp3) is 0.231. The number of anilines is 3. The van der Waals surface area contributed by atoms with Crippen LogP contribution < -0.4 is 16.6 Å². The average molecular weight is 279 g/mol. The number of halogens is 2. The fourth-order valence-corrected chi connectivity index (χ4v) is 1.74. The van der Waals surface area contributed by atoms with E-state index in [2.05, 4.69) is 20.7 Å². The molecule has 5 nitrogen and oxygen atoms in total. The van der Waals surface area contributed by atoms with E-state index >= 15 is 0 Å². The van der Waals surface area contributed by atoms with Crippen LogP contribution in [0.2, 0.25) is 0 Å². The summed E-state index contributed by atoms with van der Waals surface area (Å²) in [6.07, 6.45) is 1.56. The monoisotopic (exact) mass is 279 g/mol. The summed E-state index contributed by atoms with van der Waals surface area (Å²) >= 11 is 0. The van der Waals surface area contributed by atoms with Crippen molar-refractivity contribution in [3.05, 3.63) is 41.7 Å². The first-order valence-corrected chi connectivity index (χ1v) is 6.18. The smallest absolute Gasteiger partial charge is 0.145 e. The Morgan fingerprint density at radius 1 is 1.05 bits per heavy atom. The molecular formula is C13H15F2N5. The van der Waals surface area contributed by atoms with Crippen molar-refractivity contribution in [3.63, 3.8) is 0 Å². The molecule has 0 bridgehead atoms. The summed E-state index contributed by atoms with van der Waals surface area (Å²) in [6, 6.07) is 4.73. The Hall–Kier alpha value is -2.28. The SMILES string of the molecule is CCCc1nc(NN)cc(Nc2cc(F)cc(F)c2)n1. The Morgan fingerprint density at radius 2 is 1.70 bits per heavy atom. The molecule has 2 aromatic rings. The van der Waals surface area contributed by atoms with E-state index in [1.165, 1.54) is 12.1 Å². The van der Waals surface area contributed by atoms with E-state index in [0.29, 0.717) is 23.9 Å². The molecule has 7 heteroatoms. The van der Waals surface area contributed by atoms with Crippen molar-refractivity contribution in [1.82, 2.24) is 9.97 Å².